The van der Waals surface area contributed by atoms with Gasteiger partial charge in [0.1, 0.15) is 0 Å². The second-order valence-corrected chi connectivity index (χ2v) is 7.88. The van der Waals surface area contributed by atoms with E-state index >= 15 is 0 Å². The molecule has 2 aromatic rings. The normalized spacial score (nSPS) is 17.1. The molecule has 1 aliphatic rings. The van der Waals surface area contributed by atoms with Crippen molar-refractivity contribution < 1.29 is 4.79 Å². The van der Waals surface area contributed by atoms with Gasteiger partial charge in [-0.2, -0.15) is 5.26 Å². The summed E-state index contributed by atoms with van der Waals surface area (Å²) < 4.78 is 0. The van der Waals surface area contributed by atoms with Crippen molar-refractivity contribution in [1.29, 1.82) is 5.26 Å². The molecule has 0 amide bonds. The van der Waals surface area contributed by atoms with Crippen LogP contribution < -0.4 is 5.32 Å². The van der Waals surface area contributed by atoms with Crippen LogP contribution in [-0.2, 0) is 11.2 Å². The van der Waals surface area contributed by atoms with E-state index in [1.54, 1.807) is 0 Å². The number of allylic oxidation sites excluding steroid dienone is 4. The molecule has 1 aromatic heterocycles. The van der Waals surface area contributed by atoms with Gasteiger partial charge in [0.05, 0.1) is 23.1 Å². The Balaban J connectivity index is 2.28. The predicted octanol–water partition coefficient (Wildman–Crippen LogP) is 5.17. The average Bonchev–Trinajstić information content (AvgIpc) is 2.65. The van der Waals surface area contributed by atoms with Crippen LogP contribution in [0.3, 0.4) is 0 Å². The fourth-order valence-electron chi connectivity index (χ4n) is 3.96. The molecular weight excluding hydrogens is 346 g/mol. The SMILES string of the molecule is CCc1cnc2cccc(C3C(C#N)=C(C)NC(C)=C3C(=O)CC(C)C)c2c1. The van der Waals surface area contributed by atoms with Crippen LogP contribution in [0.25, 0.3) is 10.9 Å². The van der Waals surface area contributed by atoms with Gasteiger partial charge in [0.25, 0.3) is 0 Å². The minimum atomic E-state index is -0.366. The molecule has 1 aromatic carbocycles. The third kappa shape index (κ3) is 3.57. The number of aromatic nitrogens is 1. The van der Waals surface area contributed by atoms with E-state index < -0.39 is 0 Å². The fraction of sp³-hybridized carbons (Fsp3) is 0.375. The molecule has 0 bridgehead atoms. The van der Waals surface area contributed by atoms with Gasteiger partial charge in [-0.05, 0) is 49.4 Å². The molecule has 0 radical (unpaired) electrons. The number of nitrogens with one attached hydrogen (secondary N) is 1. The Morgan fingerprint density at radius 3 is 2.68 bits per heavy atom. The molecule has 0 saturated carbocycles. The van der Waals surface area contributed by atoms with Gasteiger partial charge in [-0.1, -0.05) is 32.9 Å². The molecule has 4 nitrogen and oxygen atoms in total. The van der Waals surface area contributed by atoms with Crippen LogP contribution in [0, 0.1) is 17.2 Å². The summed E-state index contributed by atoms with van der Waals surface area (Å²) in [7, 11) is 0. The van der Waals surface area contributed by atoms with Gasteiger partial charge in [-0.15, -0.1) is 0 Å². The quantitative estimate of drug-likeness (QED) is 0.785. The van der Waals surface area contributed by atoms with Crippen LogP contribution >= 0.6 is 0 Å². The first kappa shape index (κ1) is 19.8. The maximum atomic E-state index is 13.2. The summed E-state index contributed by atoms with van der Waals surface area (Å²) in [6, 6.07) is 10.5. The Morgan fingerprint density at radius 1 is 1.29 bits per heavy atom. The molecule has 144 valence electrons. The van der Waals surface area contributed by atoms with Crippen LogP contribution in [0.15, 0.2) is 53.0 Å². The number of hydrogen-bond donors (Lipinski definition) is 1. The number of carbonyl (C=O) groups excluding carboxylic acids is 1. The Bertz CT molecular complexity index is 1040. The largest absolute Gasteiger partial charge is 0.362 e. The summed E-state index contributed by atoms with van der Waals surface area (Å²) in [5, 5.41) is 14.2. The number of benzene rings is 1. The van der Waals surface area contributed by atoms with Crippen molar-refractivity contribution in [2.24, 2.45) is 5.92 Å². The minimum Gasteiger partial charge on any atom is -0.362 e. The Kier molecular flexibility index (Phi) is 5.65. The average molecular weight is 374 g/mol. The summed E-state index contributed by atoms with van der Waals surface area (Å²) in [5.74, 6) is -0.0103. The maximum absolute atomic E-state index is 13.2. The molecule has 4 heteroatoms. The van der Waals surface area contributed by atoms with Crippen LogP contribution in [0.5, 0.6) is 0 Å². The number of nitriles is 1. The zero-order valence-electron chi connectivity index (χ0n) is 17.3. The fourth-order valence-corrected chi connectivity index (χ4v) is 3.96. The molecule has 0 aliphatic carbocycles. The van der Waals surface area contributed by atoms with Gasteiger partial charge in [0.15, 0.2) is 5.78 Å². The molecule has 0 fully saturated rings. The molecule has 1 N–H and O–H groups in total. The highest BCUT2D eigenvalue weighted by molar-refractivity contribution is 6.00. The first-order valence-corrected chi connectivity index (χ1v) is 9.86. The molecule has 28 heavy (non-hydrogen) atoms. The number of rotatable bonds is 5. The molecule has 0 spiro atoms. The van der Waals surface area contributed by atoms with Gasteiger partial charge in [-0.3, -0.25) is 9.78 Å². The number of dihydropyridines is 1. The van der Waals surface area contributed by atoms with Crippen molar-refractivity contribution in [2.75, 3.05) is 0 Å². The number of aryl methyl sites for hydroxylation is 1. The lowest BCUT2D eigenvalue weighted by Gasteiger charge is -2.30. The number of ketones is 1. The standard InChI is InChI=1S/C24H27N3O/c1-6-17-11-19-18(8-7-9-21(19)26-13-17)24-20(12-25)15(4)27-16(5)23(24)22(28)10-14(2)3/h7-9,11,13-14,24,27H,6,10H2,1-5H3. The van der Waals surface area contributed by atoms with Crippen LogP contribution in [0.1, 0.15) is 58.1 Å². The first-order chi connectivity index (χ1) is 13.4. The number of pyridine rings is 1. The first-order valence-electron chi connectivity index (χ1n) is 9.86. The van der Waals surface area contributed by atoms with Gasteiger partial charge >= 0.3 is 0 Å². The third-order valence-corrected chi connectivity index (χ3v) is 5.31. The summed E-state index contributed by atoms with van der Waals surface area (Å²) in [4.78, 5) is 17.8. The van der Waals surface area contributed by atoms with Crippen LogP contribution in [0.4, 0.5) is 0 Å². The van der Waals surface area contributed by atoms with Crippen molar-refractivity contribution in [3.8, 4) is 6.07 Å². The van der Waals surface area contributed by atoms with Crippen LogP contribution in [-0.4, -0.2) is 10.8 Å². The molecule has 2 heterocycles. The highest BCUT2D eigenvalue weighted by Gasteiger charge is 2.34. The second-order valence-electron chi connectivity index (χ2n) is 7.88. The van der Waals surface area contributed by atoms with E-state index in [0.717, 1.165) is 39.8 Å². The molecule has 1 atom stereocenters. The van der Waals surface area contributed by atoms with Gasteiger partial charge in [0, 0.05) is 35.0 Å². The van der Waals surface area contributed by atoms with E-state index in [4.69, 9.17) is 0 Å². The van der Waals surface area contributed by atoms with E-state index in [9.17, 15) is 10.1 Å². The van der Waals surface area contributed by atoms with Gasteiger partial charge in [-0.25, -0.2) is 0 Å². The molecule has 1 aliphatic heterocycles. The number of Topliss-reactive ketones (excluding diaryl/α,β-unsaturated/α-hetero) is 1. The zero-order valence-corrected chi connectivity index (χ0v) is 17.3. The van der Waals surface area contributed by atoms with Crippen LogP contribution in [0.2, 0.25) is 0 Å². The summed E-state index contributed by atoms with van der Waals surface area (Å²) in [6.07, 6.45) is 3.25. The predicted molar refractivity (Wildman–Crippen MR) is 112 cm³/mol. The van der Waals surface area contributed by atoms with E-state index in [0.29, 0.717) is 17.6 Å². The Labute approximate surface area is 167 Å². The van der Waals surface area contributed by atoms with Gasteiger partial charge < -0.3 is 5.32 Å². The van der Waals surface area contributed by atoms with E-state index in [2.05, 4.69) is 29.4 Å². The lowest BCUT2D eigenvalue weighted by Crippen LogP contribution is -2.28. The molecular formula is C24H27N3O. The monoisotopic (exact) mass is 373 g/mol. The number of carbonyl (C=O) groups is 1. The lowest BCUT2D eigenvalue weighted by molar-refractivity contribution is -0.116. The summed E-state index contributed by atoms with van der Waals surface area (Å²) in [6.45, 7) is 10.0. The van der Waals surface area contributed by atoms with E-state index in [1.165, 1.54) is 0 Å². The van der Waals surface area contributed by atoms with E-state index in [-0.39, 0.29) is 17.6 Å². The second kappa shape index (κ2) is 7.98. The highest BCUT2D eigenvalue weighted by Crippen LogP contribution is 2.41. The van der Waals surface area contributed by atoms with Crippen molar-refractivity contribution >= 4 is 16.7 Å². The lowest BCUT2D eigenvalue weighted by atomic mass is 9.77. The topological polar surface area (TPSA) is 65.8 Å². The minimum absolute atomic E-state index is 0.0989. The summed E-state index contributed by atoms with van der Waals surface area (Å²) in [5.41, 5.74) is 5.95. The Morgan fingerprint density at radius 2 is 2.04 bits per heavy atom. The van der Waals surface area contributed by atoms with Crippen molar-refractivity contribution in [1.82, 2.24) is 10.3 Å². The zero-order chi connectivity index (χ0) is 20.4. The van der Waals surface area contributed by atoms with Crippen molar-refractivity contribution in [3.05, 3.63) is 64.1 Å². The van der Waals surface area contributed by atoms with E-state index in [1.807, 2.05) is 52.1 Å². The Hall–Kier alpha value is -2.93. The number of fused-ring (bicyclic) bond motifs is 1. The molecule has 3 rings (SSSR count). The molecule has 1 unspecified atom stereocenters. The number of hydrogen-bond acceptors (Lipinski definition) is 4. The highest BCUT2D eigenvalue weighted by atomic mass is 16.1. The summed E-state index contributed by atoms with van der Waals surface area (Å²) >= 11 is 0. The molecule has 0 saturated heterocycles. The van der Waals surface area contributed by atoms with Crippen molar-refractivity contribution in [2.45, 2.75) is 53.4 Å². The van der Waals surface area contributed by atoms with Gasteiger partial charge in [0.2, 0.25) is 0 Å². The maximum Gasteiger partial charge on any atom is 0.161 e. The smallest absolute Gasteiger partial charge is 0.161 e. The number of nitrogens with zero attached hydrogens (tertiary/aromatic N) is 2. The van der Waals surface area contributed by atoms with Crippen molar-refractivity contribution in [3.63, 3.8) is 0 Å². The third-order valence-electron chi connectivity index (χ3n) is 5.31.